The van der Waals surface area contributed by atoms with Crippen molar-refractivity contribution in [3.05, 3.63) is 65.2 Å². The van der Waals surface area contributed by atoms with Gasteiger partial charge in [0.2, 0.25) is 0 Å². The fourth-order valence-corrected chi connectivity index (χ4v) is 2.74. The third kappa shape index (κ3) is 6.44. The second-order valence-corrected chi connectivity index (χ2v) is 6.94. The van der Waals surface area contributed by atoms with Crippen molar-refractivity contribution in [3.63, 3.8) is 0 Å². The molecule has 0 heterocycles. The zero-order chi connectivity index (χ0) is 19.8. The van der Waals surface area contributed by atoms with Gasteiger partial charge in [0, 0.05) is 0 Å². The number of hydrogen-bond donors (Lipinski definition) is 1. The first kappa shape index (κ1) is 20.5. The Kier molecular flexibility index (Phi) is 7.41. The Morgan fingerprint density at radius 2 is 1.74 bits per heavy atom. The lowest BCUT2D eigenvalue weighted by Gasteiger charge is -2.15. The summed E-state index contributed by atoms with van der Waals surface area (Å²) in [7, 11) is 1.52. The van der Waals surface area contributed by atoms with Crippen molar-refractivity contribution < 1.29 is 19.1 Å². The maximum atomic E-state index is 12.1. The van der Waals surface area contributed by atoms with Crippen LogP contribution in [0.25, 0.3) is 0 Å². The molecule has 0 fully saturated rings. The molecular weight excluding hydrogens is 342 g/mol. The Balaban J connectivity index is 1.84. The summed E-state index contributed by atoms with van der Waals surface area (Å²) in [6.45, 7) is 5.94. The van der Waals surface area contributed by atoms with E-state index in [0.29, 0.717) is 17.2 Å². The number of hydrogen-bond acceptors (Lipinski definition) is 4. The fraction of sp³-hybridized carbons (Fsp3) is 0.364. The summed E-state index contributed by atoms with van der Waals surface area (Å²) in [6, 6.07) is 14.7. The van der Waals surface area contributed by atoms with Crippen LogP contribution in [0.15, 0.2) is 48.5 Å². The molecule has 0 aliphatic heterocycles. The highest BCUT2D eigenvalue weighted by Crippen LogP contribution is 2.16. The van der Waals surface area contributed by atoms with Crippen molar-refractivity contribution >= 4 is 11.9 Å². The lowest BCUT2D eigenvalue weighted by molar-refractivity contribution is -0.124. The van der Waals surface area contributed by atoms with Crippen LogP contribution < -0.4 is 10.1 Å². The number of benzene rings is 2. The molecule has 1 atom stereocenters. The van der Waals surface area contributed by atoms with Crippen molar-refractivity contribution in [3.8, 4) is 5.75 Å². The van der Waals surface area contributed by atoms with Gasteiger partial charge in [0.05, 0.1) is 18.7 Å². The van der Waals surface area contributed by atoms with Gasteiger partial charge >= 0.3 is 5.97 Å². The number of carbonyl (C=O) groups excluding carboxylic acids is 2. The number of carbonyl (C=O) groups is 2. The second-order valence-electron chi connectivity index (χ2n) is 6.94. The Morgan fingerprint density at radius 3 is 2.37 bits per heavy atom. The van der Waals surface area contributed by atoms with Gasteiger partial charge < -0.3 is 14.8 Å². The third-order valence-corrected chi connectivity index (χ3v) is 4.14. The molecule has 0 bridgehead atoms. The van der Waals surface area contributed by atoms with Crippen LogP contribution >= 0.6 is 0 Å². The first-order valence-corrected chi connectivity index (χ1v) is 9.08. The average molecular weight is 369 g/mol. The number of amides is 1. The van der Waals surface area contributed by atoms with E-state index >= 15 is 0 Å². The molecule has 0 aliphatic carbocycles. The summed E-state index contributed by atoms with van der Waals surface area (Å²) < 4.78 is 10.2. The quantitative estimate of drug-likeness (QED) is 0.716. The minimum absolute atomic E-state index is 0.166. The summed E-state index contributed by atoms with van der Waals surface area (Å²) >= 11 is 0. The lowest BCUT2D eigenvalue weighted by atomic mass is 10.00. The molecule has 0 unspecified atom stereocenters. The van der Waals surface area contributed by atoms with E-state index in [1.807, 2.05) is 19.1 Å². The number of methoxy groups -OCH3 is 1. The van der Waals surface area contributed by atoms with Gasteiger partial charge in [0.15, 0.2) is 6.61 Å². The standard InChI is InChI=1S/C22H27NO4/c1-15(2)12-17-8-10-18(11-9-17)16(3)23-21(24)14-27-22(25)19-6-5-7-20(13-19)26-4/h5-11,13,15-16H,12,14H2,1-4H3,(H,23,24)/t16-/m0/s1. The molecular formula is C22H27NO4. The van der Waals surface area contributed by atoms with Gasteiger partial charge in [0.1, 0.15) is 5.75 Å². The minimum atomic E-state index is -0.560. The zero-order valence-corrected chi connectivity index (χ0v) is 16.3. The van der Waals surface area contributed by atoms with Gasteiger partial charge in [-0.25, -0.2) is 4.79 Å². The van der Waals surface area contributed by atoms with Crippen molar-refractivity contribution in [2.45, 2.75) is 33.2 Å². The highest BCUT2D eigenvalue weighted by molar-refractivity contribution is 5.91. The number of esters is 1. The normalized spacial score (nSPS) is 11.7. The largest absolute Gasteiger partial charge is 0.497 e. The summed E-state index contributed by atoms with van der Waals surface area (Å²) in [6.07, 6.45) is 1.03. The smallest absolute Gasteiger partial charge is 0.338 e. The van der Waals surface area contributed by atoms with Crippen LogP contribution in [0.2, 0.25) is 0 Å². The second kappa shape index (κ2) is 9.76. The minimum Gasteiger partial charge on any atom is -0.497 e. The highest BCUT2D eigenvalue weighted by Gasteiger charge is 2.14. The Morgan fingerprint density at radius 1 is 1.04 bits per heavy atom. The van der Waals surface area contributed by atoms with Gasteiger partial charge in [-0.05, 0) is 48.6 Å². The van der Waals surface area contributed by atoms with Crippen molar-refractivity contribution in [2.24, 2.45) is 5.92 Å². The summed E-state index contributed by atoms with van der Waals surface area (Å²) in [5, 5.41) is 2.84. The lowest BCUT2D eigenvalue weighted by Crippen LogP contribution is -2.31. The monoisotopic (exact) mass is 369 g/mol. The van der Waals surface area contributed by atoms with Crippen LogP contribution in [0.4, 0.5) is 0 Å². The van der Waals surface area contributed by atoms with E-state index in [9.17, 15) is 9.59 Å². The van der Waals surface area contributed by atoms with Crippen LogP contribution in [0.1, 0.15) is 48.3 Å². The zero-order valence-electron chi connectivity index (χ0n) is 16.3. The molecule has 2 rings (SSSR count). The third-order valence-electron chi connectivity index (χ3n) is 4.14. The maximum absolute atomic E-state index is 12.1. The highest BCUT2D eigenvalue weighted by atomic mass is 16.5. The molecule has 2 aromatic carbocycles. The predicted octanol–water partition coefficient (Wildman–Crippen LogP) is 3.93. The predicted molar refractivity (Wildman–Crippen MR) is 105 cm³/mol. The van der Waals surface area contributed by atoms with Crippen LogP contribution in [-0.4, -0.2) is 25.6 Å². The Hall–Kier alpha value is -2.82. The van der Waals surface area contributed by atoms with E-state index in [1.54, 1.807) is 24.3 Å². The summed E-state index contributed by atoms with van der Waals surface area (Å²) in [5.41, 5.74) is 2.63. The van der Waals surface area contributed by atoms with Crippen molar-refractivity contribution in [2.75, 3.05) is 13.7 Å². The SMILES string of the molecule is COc1cccc(C(=O)OCC(=O)N[C@@H](C)c2ccc(CC(C)C)cc2)c1. The van der Waals surface area contributed by atoms with Crippen LogP contribution in [-0.2, 0) is 16.0 Å². The van der Waals surface area contributed by atoms with E-state index in [4.69, 9.17) is 9.47 Å². The molecule has 0 spiro atoms. The molecule has 27 heavy (non-hydrogen) atoms. The molecule has 0 aliphatic rings. The van der Waals surface area contributed by atoms with Crippen molar-refractivity contribution in [1.29, 1.82) is 0 Å². The van der Waals surface area contributed by atoms with Crippen molar-refractivity contribution in [1.82, 2.24) is 5.32 Å². The Labute approximate surface area is 160 Å². The molecule has 0 saturated heterocycles. The molecule has 144 valence electrons. The van der Waals surface area contributed by atoms with E-state index in [0.717, 1.165) is 12.0 Å². The first-order chi connectivity index (χ1) is 12.9. The van der Waals surface area contributed by atoms with E-state index in [-0.39, 0.29) is 18.6 Å². The summed E-state index contributed by atoms with van der Waals surface area (Å²) in [5.74, 6) is 0.260. The molecule has 1 N–H and O–H groups in total. The van der Waals surface area contributed by atoms with E-state index in [1.165, 1.54) is 12.7 Å². The summed E-state index contributed by atoms with van der Waals surface area (Å²) in [4.78, 5) is 24.1. The maximum Gasteiger partial charge on any atom is 0.338 e. The average Bonchev–Trinajstić information content (AvgIpc) is 2.66. The van der Waals surface area contributed by atoms with Crippen LogP contribution in [0, 0.1) is 5.92 Å². The van der Waals surface area contributed by atoms with Crippen LogP contribution in [0.3, 0.4) is 0 Å². The number of rotatable bonds is 8. The van der Waals surface area contributed by atoms with Gasteiger partial charge in [0.25, 0.3) is 5.91 Å². The Bertz CT molecular complexity index is 768. The van der Waals surface area contributed by atoms with Gasteiger partial charge in [-0.3, -0.25) is 4.79 Å². The molecule has 0 radical (unpaired) electrons. The molecule has 1 amide bonds. The molecule has 0 aromatic heterocycles. The fourth-order valence-electron chi connectivity index (χ4n) is 2.74. The van der Waals surface area contributed by atoms with Gasteiger partial charge in [-0.2, -0.15) is 0 Å². The number of nitrogens with one attached hydrogen (secondary N) is 1. The van der Waals surface area contributed by atoms with Gasteiger partial charge in [-0.15, -0.1) is 0 Å². The molecule has 2 aromatic rings. The molecule has 5 nitrogen and oxygen atoms in total. The van der Waals surface area contributed by atoms with Crippen LogP contribution in [0.5, 0.6) is 5.75 Å². The number of ether oxygens (including phenoxy) is 2. The molecule has 5 heteroatoms. The first-order valence-electron chi connectivity index (χ1n) is 9.08. The van der Waals surface area contributed by atoms with Gasteiger partial charge in [-0.1, -0.05) is 44.2 Å². The van der Waals surface area contributed by atoms with E-state index in [2.05, 4.69) is 31.3 Å². The molecule has 0 saturated carbocycles. The van der Waals surface area contributed by atoms with E-state index < -0.39 is 5.97 Å². The topological polar surface area (TPSA) is 64.6 Å².